The zero-order valence-electron chi connectivity index (χ0n) is 16.7. The Balaban J connectivity index is 1.65. The van der Waals surface area contributed by atoms with Gasteiger partial charge < -0.3 is 10.4 Å². The van der Waals surface area contributed by atoms with Gasteiger partial charge in [0.15, 0.2) is 0 Å². The van der Waals surface area contributed by atoms with Crippen LogP contribution in [-0.2, 0) is 0 Å². The first-order chi connectivity index (χ1) is 14.1. The van der Waals surface area contributed by atoms with Crippen molar-refractivity contribution in [2.45, 2.75) is 45.1 Å². The lowest BCUT2D eigenvalue weighted by Crippen LogP contribution is -2.23. The number of aryl methyl sites for hydroxylation is 1. The molecule has 3 aromatic rings. The highest BCUT2D eigenvalue weighted by Gasteiger charge is 2.28. The number of thiophene rings is 1. The fourth-order valence-electron chi connectivity index (χ4n) is 4.30. The Morgan fingerprint density at radius 1 is 1.03 bits per heavy atom. The lowest BCUT2D eigenvalue weighted by atomic mass is 9.82. The first-order valence-electron chi connectivity index (χ1n) is 10.4. The number of carbonyl (C=O) groups is 1. The molecule has 0 bridgehead atoms. The molecule has 3 nitrogen and oxygen atoms in total. The van der Waals surface area contributed by atoms with Crippen molar-refractivity contribution < 1.29 is 9.90 Å². The van der Waals surface area contributed by atoms with Crippen molar-refractivity contribution in [2.24, 2.45) is 5.92 Å². The Morgan fingerprint density at radius 3 is 2.38 bits per heavy atom. The molecule has 0 radical (unpaired) electrons. The summed E-state index contributed by atoms with van der Waals surface area (Å²) in [5.74, 6) is -0.286. The summed E-state index contributed by atoms with van der Waals surface area (Å²) >= 11 is 1.89. The number of rotatable bonds is 6. The average molecular weight is 406 g/mol. The Bertz CT molecular complexity index is 956. The van der Waals surface area contributed by atoms with Gasteiger partial charge in [-0.05, 0) is 67.1 Å². The van der Waals surface area contributed by atoms with Crippen LogP contribution in [0.4, 0.5) is 5.69 Å². The second kappa shape index (κ2) is 8.83. The number of aromatic carboxylic acids is 1. The summed E-state index contributed by atoms with van der Waals surface area (Å²) < 4.78 is 0. The van der Waals surface area contributed by atoms with E-state index in [1.165, 1.54) is 53.0 Å². The van der Waals surface area contributed by atoms with Crippen LogP contribution in [0.3, 0.4) is 0 Å². The summed E-state index contributed by atoms with van der Waals surface area (Å²) in [5.41, 5.74) is 3.90. The van der Waals surface area contributed by atoms with E-state index in [1.54, 1.807) is 12.1 Å². The van der Waals surface area contributed by atoms with E-state index >= 15 is 0 Å². The van der Waals surface area contributed by atoms with Gasteiger partial charge in [-0.2, -0.15) is 0 Å². The fraction of sp³-hybridized carbons (Fsp3) is 0.320. The smallest absolute Gasteiger partial charge is 0.335 e. The zero-order chi connectivity index (χ0) is 20.2. The molecule has 2 N–H and O–H groups in total. The van der Waals surface area contributed by atoms with E-state index in [0.717, 1.165) is 5.69 Å². The molecular formula is C25H27NO2S. The van der Waals surface area contributed by atoms with Crippen LogP contribution in [-0.4, -0.2) is 11.1 Å². The number of carboxylic acids is 1. The van der Waals surface area contributed by atoms with Crippen molar-refractivity contribution in [1.29, 1.82) is 0 Å². The van der Waals surface area contributed by atoms with Crippen LogP contribution in [0.1, 0.15) is 58.9 Å². The fourth-order valence-corrected chi connectivity index (χ4v) is 5.63. The molecule has 4 heteroatoms. The minimum Gasteiger partial charge on any atom is -0.478 e. The summed E-state index contributed by atoms with van der Waals surface area (Å²) in [7, 11) is 0. The second-order valence-corrected chi connectivity index (χ2v) is 9.01. The zero-order valence-corrected chi connectivity index (χ0v) is 17.5. The summed E-state index contributed by atoms with van der Waals surface area (Å²) in [5, 5.41) is 12.9. The van der Waals surface area contributed by atoms with Crippen LogP contribution < -0.4 is 5.32 Å². The normalized spacial score (nSPS) is 15.8. The second-order valence-electron chi connectivity index (χ2n) is 7.93. The maximum Gasteiger partial charge on any atom is 0.335 e. The first kappa shape index (κ1) is 19.7. The van der Waals surface area contributed by atoms with Gasteiger partial charge in [-0.3, -0.25) is 0 Å². The van der Waals surface area contributed by atoms with Gasteiger partial charge >= 0.3 is 5.97 Å². The molecule has 0 spiro atoms. The molecule has 1 heterocycles. The van der Waals surface area contributed by atoms with Gasteiger partial charge in [0.1, 0.15) is 0 Å². The molecule has 1 unspecified atom stereocenters. The van der Waals surface area contributed by atoms with Gasteiger partial charge in [0.25, 0.3) is 0 Å². The lowest BCUT2D eigenvalue weighted by molar-refractivity contribution is 0.0697. The van der Waals surface area contributed by atoms with Gasteiger partial charge in [-0.1, -0.05) is 49.6 Å². The van der Waals surface area contributed by atoms with Crippen molar-refractivity contribution in [3.63, 3.8) is 0 Å². The van der Waals surface area contributed by atoms with E-state index in [4.69, 9.17) is 5.11 Å². The van der Waals surface area contributed by atoms with Crippen LogP contribution in [0.15, 0.2) is 60.7 Å². The Labute approximate surface area is 176 Å². The highest BCUT2D eigenvalue weighted by molar-refractivity contribution is 7.15. The highest BCUT2D eigenvalue weighted by atomic mass is 32.1. The minimum atomic E-state index is -0.887. The van der Waals surface area contributed by atoms with Crippen molar-refractivity contribution in [3.8, 4) is 10.4 Å². The molecule has 1 saturated carbocycles. The average Bonchev–Trinajstić information content (AvgIpc) is 3.15. The molecule has 0 saturated heterocycles. The minimum absolute atomic E-state index is 0.258. The van der Waals surface area contributed by atoms with Crippen molar-refractivity contribution in [3.05, 3.63) is 76.7 Å². The van der Waals surface area contributed by atoms with E-state index in [2.05, 4.69) is 48.6 Å². The first-order valence-corrected chi connectivity index (χ1v) is 11.2. The summed E-state index contributed by atoms with van der Waals surface area (Å²) in [6.45, 7) is 2.21. The predicted octanol–water partition coefficient (Wildman–Crippen LogP) is 7.16. The number of benzene rings is 2. The number of carboxylic acid groups (broad SMARTS) is 1. The van der Waals surface area contributed by atoms with Crippen LogP contribution >= 0.6 is 11.3 Å². The molecule has 150 valence electrons. The van der Waals surface area contributed by atoms with E-state index < -0.39 is 5.97 Å². The number of hydrogen-bond acceptors (Lipinski definition) is 3. The SMILES string of the molecule is Cc1cc(-c2ccccc2)sc1C(Nc1ccc(C(=O)O)cc1)C1CCCCC1. The number of nitrogens with one attached hydrogen (secondary N) is 1. The van der Waals surface area contributed by atoms with Crippen LogP contribution in [0, 0.1) is 12.8 Å². The lowest BCUT2D eigenvalue weighted by Gasteiger charge is -2.31. The molecule has 1 fully saturated rings. The molecule has 1 aliphatic carbocycles. The Hall–Kier alpha value is -2.59. The topological polar surface area (TPSA) is 49.3 Å². The molecule has 1 aromatic heterocycles. The summed E-state index contributed by atoms with van der Waals surface area (Å²) in [6, 6.07) is 20.3. The van der Waals surface area contributed by atoms with Crippen LogP contribution in [0.2, 0.25) is 0 Å². The summed E-state index contributed by atoms with van der Waals surface area (Å²) in [6.07, 6.45) is 6.38. The van der Waals surface area contributed by atoms with E-state index in [0.29, 0.717) is 11.5 Å². The van der Waals surface area contributed by atoms with Crippen LogP contribution in [0.25, 0.3) is 10.4 Å². The van der Waals surface area contributed by atoms with Gasteiger partial charge in [-0.15, -0.1) is 11.3 Å². The monoisotopic (exact) mass is 405 g/mol. The van der Waals surface area contributed by atoms with Gasteiger partial charge in [0.05, 0.1) is 11.6 Å². The molecule has 2 aromatic carbocycles. The maximum atomic E-state index is 11.2. The quantitative estimate of drug-likeness (QED) is 0.457. The third-order valence-electron chi connectivity index (χ3n) is 5.87. The van der Waals surface area contributed by atoms with Gasteiger partial charge in [0, 0.05) is 15.4 Å². The number of hydrogen-bond donors (Lipinski definition) is 2. The van der Waals surface area contributed by atoms with E-state index in [9.17, 15) is 4.79 Å². The van der Waals surface area contributed by atoms with Crippen molar-refractivity contribution in [1.82, 2.24) is 0 Å². The van der Waals surface area contributed by atoms with E-state index in [1.807, 2.05) is 23.5 Å². The molecule has 29 heavy (non-hydrogen) atoms. The van der Waals surface area contributed by atoms with Gasteiger partial charge in [-0.25, -0.2) is 4.79 Å². The van der Waals surface area contributed by atoms with E-state index in [-0.39, 0.29) is 6.04 Å². The maximum absolute atomic E-state index is 11.2. The predicted molar refractivity (Wildman–Crippen MR) is 121 cm³/mol. The standard InChI is InChI=1S/C25H27NO2S/c1-17-16-22(18-8-4-2-5-9-18)29-24(17)23(19-10-6-3-7-11-19)26-21-14-12-20(13-15-21)25(27)28/h2,4-5,8-9,12-16,19,23,26H,3,6-7,10-11H2,1H3,(H,27,28). The third-order valence-corrected chi connectivity index (χ3v) is 7.24. The molecule has 0 aliphatic heterocycles. The molecular weight excluding hydrogens is 378 g/mol. The van der Waals surface area contributed by atoms with Crippen LogP contribution in [0.5, 0.6) is 0 Å². The van der Waals surface area contributed by atoms with Gasteiger partial charge in [0.2, 0.25) is 0 Å². The molecule has 1 atom stereocenters. The molecule has 1 aliphatic rings. The number of anilines is 1. The summed E-state index contributed by atoms with van der Waals surface area (Å²) in [4.78, 5) is 13.9. The van der Waals surface area contributed by atoms with Crippen molar-refractivity contribution in [2.75, 3.05) is 5.32 Å². The highest BCUT2D eigenvalue weighted by Crippen LogP contribution is 2.43. The molecule has 4 rings (SSSR count). The molecule has 0 amide bonds. The Morgan fingerprint density at radius 2 is 1.72 bits per heavy atom. The Kier molecular flexibility index (Phi) is 6.00. The largest absolute Gasteiger partial charge is 0.478 e. The van der Waals surface area contributed by atoms with Crippen molar-refractivity contribution >= 4 is 23.0 Å². The third kappa shape index (κ3) is 4.54.